The lowest BCUT2D eigenvalue weighted by atomic mass is 10.0. The number of carbonyl (C=O) groups excluding carboxylic acids is 1. The molecule has 3 aromatic carbocycles. The smallest absolute Gasteiger partial charge is 0.372 e. The van der Waals surface area contributed by atoms with Gasteiger partial charge in [0.2, 0.25) is 5.16 Å². The first-order valence-corrected chi connectivity index (χ1v) is 12.1. The van der Waals surface area contributed by atoms with Crippen molar-refractivity contribution in [2.24, 2.45) is 0 Å². The van der Waals surface area contributed by atoms with E-state index in [1.807, 2.05) is 48.5 Å². The van der Waals surface area contributed by atoms with Gasteiger partial charge in [-0.2, -0.15) is 14.9 Å². The summed E-state index contributed by atoms with van der Waals surface area (Å²) in [5.74, 6) is -0.0312. The van der Waals surface area contributed by atoms with Gasteiger partial charge in [-0.15, -0.1) is 10.2 Å². The Morgan fingerprint density at radius 2 is 1.71 bits per heavy atom. The second kappa shape index (κ2) is 10.6. The molecule has 1 atom stereocenters. The van der Waals surface area contributed by atoms with Gasteiger partial charge in [-0.1, -0.05) is 41.9 Å². The minimum Gasteiger partial charge on any atom is -0.497 e. The number of rotatable bonds is 4. The summed E-state index contributed by atoms with van der Waals surface area (Å²) in [4.78, 5) is 14.1. The summed E-state index contributed by atoms with van der Waals surface area (Å²) in [6.45, 7) is 0. The molecule has 1 N–H and O–H groups in total. The van der Waals surface area contributed by atoms with Gasteiger partial charge < -0.3 is 4.74 Å². The highest BCUT2D eigenvalue weighted by molar-refractivity contribution is 7.84. The van der Waals surface area contributed by atoms with Crippen molar-refractivity contribution in [2.45, 2.75) is 5.16 Å². The zero-order valence-corrected chi connectivity index (χ0v) is 20.2. The van der Waals surface area contributed by atoms with Crippen LogP contribution in [0.4, 0.5) is 0 Å². The number of aromatic nitrogens is 4. The first kappa shape index (κ1) is 24.3. The number of methoxy groups -OCH3 is 1. The van der Waals surface area contributed by atoms with E-state index in [2.05, 4.69) is 20.2 Å². The van der Waals surface area contributed by atoms with Gasteiger partial charge in [0.1, 0.15) is 5.75 Å². The monoisotopic (exact) mass is 510 g/mol. The SMILES string of the molecule is COc1ccc(-c2nn3c(S(C)=O)nnc3c3ccccc23)cc1.O=C(OO)c1cccc(Cl)c1. The maximum absolute atomic E-state index is 11.9. The van der Waals surface area contributed by atoms with Crippen molar-refractivity contribution >= 4 is 44.8 Å². The number of hydrogen-bond acceptors (Lipinski definition) is 8. The highest BCUT2D eigenvalue weighted by Gasteiger charge is 2.16. The van der Waals surface area contributed by atoms with E-state index in [0.29, 0.717) is 15.8 Å². The number of ether oxygens (including phenoxy) is 1. The van der Waals surface area contributed by atoms with Crippen LogP contribution in [0, 0.1) is 0 Å². The number of carbonyl (C=O) groups is 1. The number of nitrogens with zero attached hydrogens (tertiary/aromatic N) is 4. The van der Waals surface area contributed by atoms with E-state index in [-0.39, 0.29) is 5.56 Å². The molecule has 35 heavy (non-hydrogen) atoms. The summed E-state index contributed by atoms with van der Waals surface area (Å²) in [6.07, 6.45) is 1.57. The number of benzene rings is 3. The Bertz CT molecular complexity index is 1540. The van der Waals surface area contributed by atoms with Crippen molar-refractivity contribution in [2.75, 3.05) is 13.4 Å². The van der Waals surface area contributed by atoms with E-state index in [4.69, 9.17) is 21.6 Å². The molecule has 178 valence electrons. The fraction of sp³-hybridized carbons (Fsp3) is 0.0833. The molecule has 2 heterocycles. The number of halogens is 1. The standard InChI is InChI=1S/C17H14N4O2S.C7H5ClO3/c1-23-12-9-7-11(8-10-12)15-13-5-3-4-6-14(13)16-18-19-17(24(2)22)21(16)20-15;8-6-3-1-2-5(4-6)7(9)11-10/h3-10H,1-2H3;1-4,10H. The van der Waals surface area contributed by atoms with Crippen molar-refractivity contribution in [3.63, 3.8) is 0 Å². The summed E-state index contributed by atoms with van der Waals surface area (Å²) in [7, 11) is 0.355. The van der Waals surface area contributed by atoms with Crippen LogP contribution in [0.15, 0.2) is 78.0 Å². The molecule has 2 aromatic heterocycles. The van der Waals surface area contributed by atoms with Crippen LogP contribution in [0.25, 0.3) is 27.7 Å². The zero-order chi connectivity index (χ0) is 24.9. The van der Waals surface area contributed by atoms with E-state index in [9.17, 15) is 9.00 Å². The normalized spacial score (nSPS) is 11.5. The molecule has 0 aliphatic rings. The molecule has 0 saturated heterocycles. The molecule has 5 rings (SSSR count). The molecule has 5 aromatic rings. The molecule has 9 nitrogen and oxygen atoms in total. The molecule has 0 amide bonds. The van der Waals surface area contributed by atoms with Crippen LogP contribution < -0.4 is 4.74 Å². The fourth-order valence-electron chi connectivity index (χ4n) is 3.37. The van der Waals surface area contributed by atoms with Gasteiger partial charge in [0.25, 0.3) is 0 Å². The predicted octanol–water partition coefficient (Wildman–Crippen LogP) is 4.66. The highest BCUT2D eigenvalue weighted by atomic mass is 35.5. The van der Waals surface area contributed by atoms with Crippen LogP contribution in [0.5, 0.6) is 5.75 Å². The van der Waals surface area contributed by atoms with Crippen LogP contribution in [-0.2, 0) is 15.7 Å². The largest absolute Gasteiger partial charge is 0.497 e. The fourth-order valence-corrected chi connectivity index (χ4v) is 4.09. The molecule has 1 unspecified atom stereocenters. The Balaban J connectivity index is 0.000000221. The average molecular weight is 511 g/mol. The zero-order valence-electron chi connectivity index (χ0n) is 18.6. The van der Waals surface area contributed by atoms with Crippen molar-refractivity contribution in [3.8, 4) is 17.0 Å². The third kappa shape index (κ3) is 5.14. The minimum absolute atomic E-state index is 0.222. The molecular formula is C24H19ClN4O5S. The molecule has 0 saturated carbocycles. The Hall–Kier alpha value is -3.86. The first-order valence-electron chi connectivity index (χ1n) is 10.2. The lowest BCUT2D eigenvalue weighted by Crippen LogP contribution is -2.02. The van der Waals surface area contributed by atoms with Gasteiger partial charge in [-0.25, -0.2) is 4.79 Å². The molecule has 11 heteroatoms. The lowest BCUT2D eigenvalue weighted by molar-refractivity contribution is -0.182. The highest BCUT2D eigenvalue weighted by Crippen LogP contribution is 2.30. The molecule has 0 aliphatic heterocycles. The molecule has 0 spiro atoms. The summed E-state index contributed by atoms with van der Waals surface area (Å²) in [5.41, 5.74) is 2.55. The maximum Gasteiger partial charge on any atom is 0.372 e. The Kier molecular flexibility index (Phi) is 7.35. The Morgan fingerprint density at radius 1 is 1.00 bits per heavy atom. The van der Waals surface area contributed by atoms with Crippen molar-refractivity contribution in [1.82, 2.24) is 19.8 Å². The van der Waals surface area contributed by atoms with Crippen LogP contribution in [-0.4, -0.2) is 48.6 Å². The van der Waals surface area contributed by atoms with Crippen LogP contribution in [0.3, 0.4) is 0 Å². The lowest BCUT2D eigenvalue weighted by Gasteiger charge is -2.08. The van der Waals surface area contributed by atoms with E-state index in [0.717, 1.165) is 27.8 Å². The minimum atomic E-state index is -1.28. The Labute approximate surface area is 207 Å². The predicted molar refractivity (Wildman–Crippen MR) is 132 cm³/mol. The topological polar surface area (TPSA) is 116 Å². The van der Waals surface area contributed by atoms with Crippen LogP contribution in [0.2, 0.25) is 5.02 Å². The first-order chi connectivity index (χ1) is 16.9. The van der Waals surface area contributed by atoms with E-state index in [1.165, 1.54) is 12.1 Å². The Morgan fingerprint density at radius 3 is 2.34 bits per heavy atom. The molecular weight excluding hydrogens is 492 g/mol. The average Bonchev–Trinajstić information content (AvgIpc) is 3.33. The van der Waals surface area contributed by atoms with E-state index >= 15 is 0 Å². The van der Waals surface area contributed by atoms with Gasteiger partial charge in [-0.3, -0.25) is 9.10 Å². The third-order valence-electron chi connectivity index (χ3n) is 5.00. The van der Waals surface area contributed by atoms with Gasteiger partial charge in [0.05, 0.1) is 29.2 Å². The van der Waals surface area contributed by atoms with Gasteiger partial charge >= 0.3 is 5.97 Å². The molecule has 0 bridgehead atoms. The van der Waals surface area contributed by atoms with E-state index < -0.39 is 16.8 Å². The second-order valence-electron chi connectivity index (χ2n) is 7.18. The van der Waals surface area contributed by atoms with Crippen LogP contribution >= 0.6 is 11.6 Å². The second-order valence-corrected chi connectivity index (χ2v) is 8.89. The maximum atomic E-state index is 11.9. The quantitative estimate of drug-likeness (QED) is 0.274. The molecule has 0 fully saturated rings. The molecule has 0 radical (unpaired) electrons. The summed E-state index contributed by atoms with van der Waals surface area (Å²) in [5, 5.41) is 23.5. The summed E-state index contributed by atoms with van der Waals surface area (Å²) >= 11 is 5.56. The van der Waals surface area contributed by atoms with Crippen LogP contribution in [0.1, 0.15) is 10.4 Å². The van der Waals surface area contributed by atoms with Gasteiger partial charge in [-0.05, 0) is 42.5 Å². The number of fused-ring (bicyclic) bond motifs is 3. The van der Waals surface area contributed by atoms with Crippen molar-refractivity contribution < 1.29 is 23.9 Å². The summed E-state index contributed by atoms with van der Waals surface area (Å²) in [6, 6.07) is 21.7. The van der Waals surface area contributed by atoms with E-state index in [1.54, 1.807) is 30.0 Å². The third-order valence-corrected chi connectivity index (χ3v) is 6.00. The summed E-state index contributed by atoms with van der Waals surface area (Å²) < 4.78 is 18.7. The number of hydrogen-bond donors (Lipinski definition) is 1. The molecule has 0 aliphatic carbocycles. The van der Waals surface area contributed by atoms with Gasteiger partial charge in [0, 0.05) is 27.6 Å². The van der Waals surface area contributed by atoms with Crippen molar-refractivity contribution in [1.29, 1.82) is 0 Å². The van der Waals surface area contributed by atoms with Gasteiger partial charge in [0.15, 0.2) is 5.65 Å². The van der Waals surface area contributed by atoms with Crippen molar-refractivity contribution in [3.05, 3.63) is 83.4 Å².